The molecular formula is C20H16Cl2O. The zero-order valence-corrected chi connectivity index (χ0v) is 14.1. The van der Waals surface area contributed by atoms with E-state index < -0.39 is 4.84 Å². The number of carbonyl (C=O) groups is 1. The minimum atomic E-state index is -0.911. The summed E-state index contributed by atoms with van der Waals surface area (Å²) in [5.41, 5.74) is 2.63. The van der Waals surface area contributed by atoms with Crippen LogP contribution >= 0.6 is 23.2 Å². The van der Waals surface area contributed by atoms with Gasteiger partial charge in [-0.15, -0.1) is 0 Å². The summed E-state index contributed by atoms with van der Waals surface area (Å²) in [6, 6.07) is 17.2. The Morgan fingerprint density at radius 1 is 0.957 bits per heavy atom. The van der Waals surface area contributed by atoms with Crippen LogP contribution in [-0.2, 0) is 17.6 Å². The molecule has 1 nitrogen and oxygen atoms in total. The van der Waals surface area contributed by atoms with Gasteiger partial charge in [0.05, 0.1) is 0 Å². The normalized spacial score (nSPS) is 17.6. The number of carbonyl (C=O) groups excluding carboxylic acids is 1. The van der Waals surface area contributed by atoms with Gasteiger partial charge < -0.3 is 0 Å². The highest BCUT2D eigenvalue weighted by atomic mass is 35.5. The first-order valence-corrected chi connectivity index (χ1v) is 8.76. The Hall–Kier alpha value is -1.57. The maximum Gasteiger partial charge on any atom is 0.169 e. The second-order valence-electron chi connectivity index (χ2n) is 6.23. The van der Waals surface area contributed by atoms with Crippen LogP contribution in [0.1, 0.15) is 17.5 Å². The second-order valence-corrected chi connectivity index (χ2v) is 7.32. The van der Waals surface area contributed by atoms with Crippen molar-refractivity contribution in [3.8, 4) is 0 Å². The van der Waals surface area contributed by atoms with Gasteiger partial charge in [0.2, 0.25) is 0 Å². The molecule has 0 heterocycles. The maximum atomic E-state index is 12.1. The van der Waals surface area contributed by atoms with Gasteiger partial charge in [-0.3, -0.25) is 4.79 Å². The summed E-state index contributed by atoms with van der Waals surface area (Å²) in [5, 5.41) is 5.14. The summed E-state index contributed by atoms with van der Waals surface area (Å²) < 4.78 is 0. The van der Waals surface area contributed by atoms with Crippen molar-refractivity contribution < 1.29 is 4.79 Å². The highest BCUT2D eigenvalue weighted by Crippen LogP contribution is 2.35. The van der Waals surface area contributed by atoms with Gasteiger partial charge in [0.1, 0.15) is 0 Å². The second kappa shape index (κ2) is 5.81. The molecule has 0 aromatic heterocycles. The molecule has 0 aliphatic heterocycles. The third-order valence-electron chi connectivity index (χ3n) is 4.96. The minimum absolute atomic E-state index is 0.0439. The Morgan fingerprint density at radius 2 is 1.74 bits per heavy atom. The average molecular weight is 343 g/mol. The number of ketones is 1. The molecule has 4 rings (SSSR count). The highest BCUT2D eigenvalue weighted by molar-refractivity contribution is 6.53. The van der Waals surface area contributed by atoms with Gasteiger partial charge >= 0.3 is 0 Å². The first-order chi connectivity index (χ1) is 11.1. The molecule has 3 heteroatoms. The lowest BCUT2D eigenvalue weighted by Gasteiger charge is -2.25. The fourth-order valence-electron chi connectivity index (χ4n) is 3.79. The fraction of sp³-hybridized carbons (Fsp3) is 0.250. The minimum Gasteiger partial charge on any atom is -0.296 e. The Bertz CT molecular complexity index is 914. The molecule has 1 aliphatic rings. The van der Waals surface area contributed by atoms with Gasteiger partial charge in [-0.25, -0.2) is 0 Å². The lowest BCUT2D eigenvalue weighted by molar-refractivity contribution is -0.121. The SMILES string of the molecule is O=C(C(Cl)Cl)C1CCc2c(ccc3c2ccc2ccccc23)C1. The Balaban J connectivity index is 1.83. The van der Waals surface area contributed by atoms with E-state index in [4.69, 9.17) is 23.2 Å². The van der Waals surface area contributed by atoms with E-state index in [1.807, 2.05) is 0 Å². The predicted octanol–water partition coefficient (Wildman–Crippen LogP) is 5.47. The third kappa shape index (κ3) is 2.52. The largest absolute Gasteiger partial charge is 0.296 e. The van der Waals surface area contributed by atoms with Crippen LogP contribution in [-0.4, -0.2) is 10.6 Å². The van der Waals surface area contributed by atoms with E-state index in [1.54, 1.807) is 0 Å². The van der Waals surface area contributed by atoms with Crippen molar-refractivity contribution >= 4 is 50.5 Å². The zero-order valence-electron chi connectivity index (χ0n) is 12.6. The van der Waals surface area contributed by atoms with Crippen molar-refractivity contribution in [2.75, 3.05) is 0 Å². The van der Waals surface area contributed by atoms with Crippen molar-refractivity contribution in [3.05, 3.63) is 59.7 Å². The van der Waals surface area contributed by atoms with Crippen LogP contribution in [0.2, 0.25) is 0 Å². The number of aryl methyl sites for hydroxylation is 1. The molecule has 1 aliphatic carbocycles. The topological polar surface area (TPSA) is 17.1 Å². The van der Waals surface area contributed by atoms with Crippen molar-refractivity contribution in [1.29, 1.82) is 0 Å². The molecule has 3 aromatic rings. The van der Waals surface area contributed by atoms with Crippen LogP contribution in [0, 0.1) is 5.92 Å². The summed E-state index contributed by atoms with van der Waals surface area (Å²) in [7, 11) is 0. The van der Waals surface area contributed by atoms with Crippen LogP contribution in [0.15, 0.2) is 48.5 Å². The zero-order chi connectivity index (χ0) is 16.0. The Kier molecular flexibility index (Phi) is 3.79. The number of fused-ring (bicyclic) bond motifs is 5. The molecule has 0 fully saturated rings. The molecule has 0 amide bonds. The summed E-state index contributed by atoms with van der Waals surface area (Å²) in [5.74, 6) is -0.0991. The summed E-state index contributed by atoms with van der Waals surface area (Å²) in [6.45, 7) is 0. The van der Waals surface area contributed by atoms with E-state index in [9.17, 15) is 4.79 Å². The molecule has 0 radical (unpaired) electrons. The van der Waals surface area contributed by atoms with Crippen LogP contribution in [0.4, 0.5) is 0 Å². The molecule has 1 unspecified atom stereocenters. The van der Waals surface area contributed by atoms with Crippen LogP contribution < -0.4 is 0 Å². The molecule has 116 valence electrons. The molecule has 0 N–H and O–H groups in total. The van der Waals surface area contributed by atoms with E-state index in [-0.39, 0.29) is 11.7 Å². The lowest BCUT2D eigenvalue weighted by atomic mass is 9.79. The van der Waals surface area contributed by atoms with E-state index >= 15 is 0 Å². The van der Waals surface area contributed by atoms with Gasteiger partial charge in [0, 0.05) is 5.92 Å². The smallest absolute Gasteiger partial charge is 0.169 e. The molecule has 23 heavy (non-hydrogen) atoms. The Labute approximate surface area is 145 Å². The van der Waals surface area contributed by atoms with Crippen molar-refractivity contribution in [2.24, 2.45) is 5.92 Å². The summed E-state index contributed by atoms with van der Waals surface area (Å²) in [6.07, 6.45) is 2.47. The van der Waals surface area contributed by atoms with Gasteiger partial charge in [0.25, 0.3) is 0 Å². The first-order valence-electron chi connectivity index (χ1n) is 7.89. The predicted molar refractivity (Wildman–Crippen MR) is 97.5 cm³/mol. The number of halogens is 2. The van der Waals surface area contributed by atoms with Crippen molar-refractivity contribution in [3.63, 3.8) is 0 Å². The molecule has 0 saturated carbocycles. The van der Waals surface area contributed by atoms with Gasteiger partial charge in [-0.1, -0.05) is 71.7 Å². The number of hydrogen-bond acceptors (Lipinski definition) is 1. The molecule has 1 atom stereocenters. The van der Waals surface area contributed by atoms with Gasteiger partial charge in [-0.05, 0) is 51.9 Å². The van der Waals surface area contributed by atoms with E-state index in [0.717, 1.165) is 19.3 Å². The average Bonchev–Trinajstić information content (AvgIpc) is 2.59. The molecule has 0 saturated heterocycles. The highest BCUT2D eigenvalue weighted by Gasteiger charge is 2.28. The number of benzene rings is 3. The van der Waals surface area contributed by atoms with Crippen molar-refractivity contribution in [2.45, 2.75) is 24.1 Å². The van der Waals surface area contributed by atoms with E-state index in [1.165, 1.54) is 32.7 Å². The van der Waals surface area contributed by atoms with Crippen molar-refractivity contribution in [1.82, 2.24) is 0 Å². The van der Waals surface area contributed by atoms with Crippen LogP contribution in [0.3, 0.4) is 0 Å². The van der Waals surface area contributed by atoms with E-state index in [2.05, 4.69) is 48.5 Å². The van der Waals surface area contributed by atoms with Gasteiger partial charge in [-0.2, -0.15) is 0 Å². The molecule has 0 spiro atoms. The quantitative estimate of drug-likeness (QED) is 0.445. The third-order valence-corrected chi connectivity index (χ3v) is 5.39. The first kappa shape index (κ1) is 15.0. The van der Waals surface area contributed by atoms with E-state index in [0.29, 0.717) is 0 Å². The summed E-state index contributed by atoms with van der Waals surface area (Å²) in [4.78, 5) is 11.2. The molecule has 3 aromatic carbocycles. The fourth-order valence-corrected chi connectivity index (χ4v) is 4.15. The van der Waals surface area contributed by atoms with Crippen LogP contribution in [0.5, 0.6) is 0 Å². The number of hydrogen-bond donors (Lipinski definition) is 0. The molecule has 0 bridgehead atoms. The summed E-state index contributed by atoms with van der Waals surface area (Å²) >= 11 is 11.5. The number of alkyl halides is 2. The standard InChI is InChI=1S/C20H16Cl2O/c21-20(22)19(23)14-7-8-16-13(11-14)6-10-17-15-4-2-1-3-12(15)5-9-18(16)17/h1-6,9-10,14,20H,7-8,11H2. The lowest BCUT2D eigenvalue weighted by Crippen LogP contribution is -2.26. The maximum absolute atomic E-state index is 12.1. The Morgan fingerprint density at radius 3 is 2.57 bits per heavy atom. The number of rotatable bonds is 2. The van der Waals surface area contributed by atoms with Gasteiger partial charge in [0.15, 0.2) is 10.6 Å². The number of Topliss-reactive ketones (excluding diaryl/α,β-unsaturated/α-hetero) is 1. The monoisotopic (exact) mass is 342 g/mol. The molecular weight excluding hydrogens is 327 g/mol. The van der Waals surface area contributed by atoms with Crippen LogP contribution in [0.25, 0.3) is 21.5 Å².